The third kappa shape index (κ3) is 3.48. The van der Waals surface area contributed by atoms with Crippen molar-refractivity contribution in [3.8, 4) is 11.5 Å². The van der Waals surface area contributed by atoms with Gasteiger partial charge in [0.1, 0.15) is 12.2 Å². The average molecular weight is 419 g/mol. The van der Waals surface area contributed by atoms with Gasteiger partial charge in [-0.25, -0.2) is 0 Å². The van der Waals surface area contributed by atoms with Crippen molar-refractivity contribution in [1.29, 1.82) is 0 Å². The van der Waals surface area contributed by atoms with Crippen LogP contribution in [0.1, 0.15) is 46.6 Å². The Bertz CT molecular complexity index is 1230. The molecule has 0 saturated carbocycles. The van der Waals surface area contributed by atoms with Gasteiger partial charge in [0.25, 0.3) is 5.91 Å². The maximum atomic E-state index is 13.5. The second kappa shape index (κ2) is 8.30. The van der Waals surface area contributed by atoms with Crippen LogP contribution < -0.4 is 14.9 Å². The number of rotatable bonds is 7. The highest BCUT2D eigenvalue weighted by atomic mass is 16.5. The molecule has 3 aromatic rings. The summed E-state index contributed by atoms with van der Waals surface area (Å²) in [6, 6.07) is 10.3. The molecule has 6 heteroatoms. The maximum Gasteiger partial charge on any atom is 0.290 e. The molecular formula is C25H25NO5. The van der Waals surface area contributed by atoms with Crippen LogP contribution in [0.25, 0.3) is 11.0 Å². The first-order valence-corrected chi connectivity index (χ1v) is 10.3. The Kier molecular flexibility index (Phi) is 5.55. The molecule has 1 amide bonds. The third-order valence-electron chi connectivity index (χ3n) is 5.45. The SMILES string of the molecule is C=CCOc1ccc([C@@H]2c3c(oc4ccc(C)cc4c3=O)C(=O)N2CCC)cc1OC. The van der Waals surface area contributed by atoms with E-state index in [0.717, 1.165) is 17.5 Å². The molecule has 2 aromatic carbocycles. The molecule has 1 atom stereocenters. The number of nitrogens with zero attached hydrogens (tertiary/aromatic N) is 1. The summed E-state index contributed by atoms with van der Waals surface area (Å²) in [4.78, 5) is 28.4. The van der Waals surface area contributed by atoms with Crippen LogP contribution in [0.4, 0.5) is 0 Å². The van der Waals surface area contributed by atoms with Crippen molar-refractivity contribution < 1.29 is 18.7 Å². The largest absolute Gasteiger partial charge is 0.493 e. The molecule has 0 aliphatic carbocycles. The van der Waals surface area contributed by atoms with Gasteiger partial charge < -0.3 is 18.8 Å². The lowest BCUT2D eigenvalue weighted by molar-refractivity contribution is 0.0728. The van der Waals surface area contributed by atoms with Gasteiger partial charge >= 0.3 is 0 Å². The Morgan fingerprint density at radius 2 is 1.97 bits per heavy atom. The van der Waals surface area contributed by atoms with E-state index in [1.807, 2.05) is 32.0 Å². The van der Waals surface area contributed by atoms with Gasteiger partial charge in [0.05, 0.1) is 24.1 Å². The Morgan fingerprint density at radius 3 is 2.68 bits per heavy atom. The van der Waals surface area contributed by atoms with Crippen molar-refractivity contribution in [1.82, 2.24) is 4.90 Å². The summed E-state index contributed by atoms with van der Waals surface area (Å²) in [5.41, 5.74) is 2.34. The topological polar surface area (TPSA) is 69.0 Å². The smallest absolute Gasteiger partial charge is 0.290 e. The number of hydrogen-bond acceptors (Lipinski definition) is 5. The van der Waals surface area contributed by atoms with E-state index in [-0.39, 0.29) is 17.1 Å². The average Bonchev–Trinajstić information content (AvgIpc) is 3.05. The minimum absolute atomic E-state index is 0.116. The number of hydrogen-bond donors (Lipinski definition) is 0. The number of fused-ring (bicyclic) bond motifs is 2. The molecule has 0 spiro atoms. The summed E-state index contributed by atoms with van der Waals surface area (Å²) >= 11 is 0. The van der Waals surface area contributed by atoms with E-state index in [1.54, 1.807) is 36.3 Å². The fourth-order valence-electron chi connectivity index (χ4n) is 4.07. The summed E-state index contributed by atoms with van der Waals surface area (Å²) < 4.78 is 17.1. The molecule has 0 bridgehead atoms. The molecule has 6 nitrogen and oxygen atoms in total. The fourth-order valence-corrected chi connectivity index (χ4v) is 4.07. The molecule has 0 unspecified atom stereocenters. The molecular weight excluding hydrogens is 394 g/mol. The zero-order valence-electron chi connectivity index (χ0n) is 17.9. The summed E-state index contributed by atoms with van der Waals surface area (Å²) in [5.74, 6) is 0.940. The number of methoxy groups -OCH3 is 1. The van der Waals surface area contributed by atoms with Crippen LogP contribution in [-0.2, 0) is 0 Å². The van der Waals surface area contributed by atoms with Crippen molar-refractivity contribution in [3.63, 3.8) is 0 Å². The van der Waals surface area contributed by atoms with E-state index >= 15 is 0 Å². The van der Waals surface area contributed by atoms with Gasteiger partial charge in [-0.2, -0.15) is 0 Å². The first-order valence-electron chi connectivity index (χ1n) is 10.3. The Hall–Kier alpha value is -3.54. The van der Waals surface area contributed by atoms with Crippen molar-refractivity contribution in [2.24, 2.45) is 0 Å². The lowest BCUT2D eigenvalue weighted by Gasteiger charge is -2.25. The summed E-state index contributed by atoms with van der Waals surface area (Å²) in [7, 11) is 1.56. The molecule has 4 rings (SSSR count). The van der Waals surface area contributed by atoms with E-state index < -0.39 is 6.04 Å². The van der Waals surface area contributed by atoms with Gasteiger partial charge in [0, 0.05) is 6.54 Å². The molecule has 1 aliphatic heterocycles. The zero-order chi connectivity index (χ0) is 22.1. The minimum Gasteiger partial charge on any atom is -0.493 e. The minimum atomic E-state index is -0.550. The summed E-state index contributed by atoms with van der Waals surface area (Å²) in [6.07, 6.45) is 2.40. The van der Waals surface area contributed by atoms with Crippen LogP contribution in [0.5, 0.6) is 11.5 Å². The van der Waals surface area contributed by atoms with Crippen LogP contribution in [0, 0.1) is 6.92 Å². The monoisotopic (exact) mass is 419 g/mol. The highest BCUT2D eigenvalue weighted by Gasteiger charge is 2.42. The van der Waals surface area contributed by atoms with Crippen molar-refractivity contribution in [2.75, 3.05) is 20.3 Å². The van der Waals surface area contributed by atoms with E-state index in [0.29, 0.717) is 41.2 Å². The zero-order valence-corrected chi connectivity index (χ0v) is 17.9. The van der Waals surface area contributed by atoms with Gasteiger partial charge in [0.15, 0.2) is 16.9 Å². The highest BCUT2D eigenvalue weighted by molar-refractivity contribution is 5.99. The van der Waals surface area contributed by atoms with Crippen LogP contribution in [0.3, 0.4) is 0 Å². The molecule has 160 valence electrons. The van der Waals surface area contributed by atoms with Crippen molar-refractivity contribution >= 4 is 16.9 Å². The second-order valence-corrected chi connectivity index (χ2v) is 7.58. The van der Waals surface area contributed by atoms with E-state index in [9.17, 15) is 9.59 Å². The lowest BCUT2D eigenvalue weighted by atomic mass is 9.97. The lowest BCUT2D eigenvalue weighted by Crippen LogP contribution is -2.30. The van der Waals surface area contributed by atoms with Crippen LogP contribution in [-0.4, -0.2) is 31.1 Å². The molecule has 0 fully saturated rings. The molecule has 31 heavy (non-hydrogen) atoms. The molecule has 0 radical (unpaired) electrons. The number of aryl methyl sites for hydroxylation is 1. The maximum absolute atomic E-state index is 13.5. The molecule has 0 N–H and O–H groups in total. The number of carbonyl (C=O) groups is 1. The Morgan fingerprint density at radius 1 is 1.16 bits per heavy atom. The van der Waals surface area contributed by atoms with Gasteiger partial charge in [0.2, 0.25) is 5.76 Å². The molecule has 1 aliphatic rings. The number of amides is 1. The first-order chi connectivity index (χ1) is 15.0. The molecule has 0 saturated heterocycles. The molecule has 2 heterocycles. The van der Waals surface area contributed by atoms with Gasteiger partial charge in [-0.1, -0.05) is 37.3 Å². The summed E-state index contributed by atoms with van der Waals surface area (Å²) in [5, 5.41) is 0.479. The van der Waals surface area contributed by atoms with Gasteiger partial charge in [-0.15, -0.1) is 0 Å². The third-order valence-corrected chi connectivity index (χ3v) is 5.45. The van der Waals surface area contributed by atoms with Crippen LogP contribution >= 0.6 is 0 Å². The van der Waals surface area contributed by atoms with Crippen molar-refractivity contribution in [2.45, 2.75) is 26.3 Å². The quantitative estimate of drug-likeness (QED) is 0.522. The van der Waals surface area contributed by atoms with Crippen LogP contribution in [0.15, 0.2) is 58.3 Å². The van der Waals surface area contributed by atoms with E-state index in [2.05, 4.69) is 6.58 Å². The van der Waals surface area contributed by atoms with Crippen LogP contribution in [0.2, 0.25) is 0 Å². The number of carbonyl (C=O) groups excluding carboxylic acids is 1. The number of ether oxygens (including phenoxy) is 2. The summed E-state index contributed by atoms with van der Waals surface area (Å²) in [6.45, 7) is 8.42. The standard InChI is InChI=1S/C25H25NO5/c1-5-11-26-22(16-8-10-19(30-12-6-2)20(14-16)29-4)21-23(27)17-13-15(3)7-9-18(17)31-24(21)25(26)28/h6-10,13-14,22H,2,5,11-12H2,1,3-4H3/t22-/m1/s1. The van der Waals surface area contributed by atoms with Crippen molar-refractivity contribution in [3.05, 3.63) is 81.7 Å². The van der Waals surface area contributed by atoms with Gasteiger partial charge in [-0.05, 0) is 43.2 Å². The molecule has 1 aromatic heterocycles. The Labute approximate surface area is 180 Å². The Balaban J connectivity index is 1.92. The first kappa shape index (κ1) is 20.7. The van der Waals surface area contributed by atoms with Gasteiger partial charge in [-0.3, -0.25) is 9.59 Å². The van der Waals surface area contributed by atoms with E-state index in [1.165, 1.54) is 0 Å². The normalized spacial score (nSPS) is 15.3. The van der Waals surface area contributed by atoms with E-state index in [4.69, 9.17) is 13.9 Å². The predicted octanol–water partition coefficient (Wildman–Crippen LogP) is 4.63. The number of benzene rings is 2. The highest BCUT2D eigenvalue weighted by Crippen LogP contribution is 2.41. The second-order valence-electron chi connectivity index (χ2n) is 7.58. The fraction of sp³-hybridized carbons (Fsp3) is 0.280. The predicted molar refractivity (Wildman–Crippen MR) is 119 cm³/mol.